The number of anilines is 1. The number of carbonyl (C=O) groups is 1. The van der Waals surface area contributed by atoms with Gasteiger partial charge in [-0.1, -0.05) is 46.3 Å². The number of aromatic nitrogens is 1. The van der Waals surface area contributed by atoms with Crippen LogP contribution in [0.2, 0.25) is 0 Å². The van der Waals surface area contributed by atoms with Gasteiger partial charge in [-0.2, -0.15) is 0 Å². The molecule has 1 N–H and O–H groups in total. The lowest BCUT2D eigenvalue weighted by Crippen LogP contribution is -2.31. The molecule has 1 aromatic heterocycles. The van der Waals surface area contributed by atoms with Gasteiger partial charge in [0.15, 0.2) is 0 Å². The van der Waals surface area contributed by atoms with Crippen LogP contribution in [0.4, 0.5) is 5.69 Å². The van der Waals surface area contributed by atoms with Gasteiger partial charge >= 0.3 is 0 Å². The Hall–Kier alpha value is -2.40. The number of halogens is 1. The molecule has 2 heterocycles. The molecule has 132 valence electrons. The van der Waals surface area contributed by atoms with Crippen molar-refractivity contribution in [1.29, 1.82) is 0 Å². The lowest BCUT2D eigenvalue weighted by Gasteiger charge is -2.19. The number of pyridine rings is 1. The number of amides is 1. The maximum atomic E-state index is 12.6. The second-order valence-corrected chi connectivity index (χ2v) is 7.59. The molecule has 0 spiro atoms. The minimum absolute atomic E-state index is 0.0947. The van der Waals surface area contributed by atoms with Gasteiger partial charge in [0.25, 0.3) is 5.91 Å². The first-order chi connectivity index (χ1) is 12.7. The van der Waals surface area contributed by atoms with Crippen molar-refractivity contribution in [3.63, 3.8) is 0 Å². The predicted molar refractivity (Wildman–Crippen MR) is 109 cm³/mol. The van der Waals surface area contributed by atoms with Crippen molar-refractivity contribution in [3.05, 3.63) is 71.0 Å². The predicted octanol–water partition coefficient (Wildman–Crippen LogP) is 4.25. The second kappa shape index (κ2) is 7.46. The van der Waals surface area contributed by atoms with Crippen molar-refractivity contribution in [2.24, 2.45) is 5.92 Å². The topological polar surface area (TPSA) is 45.2 Å². The molecule has 1 fully saturated rings. The minimum atomic E-state index is -0.0947. The van der Waals surface area contributed by atoms with Crippen LogP contribution in [-0.2, 0) is 0 Å². The normalized spacial score (nSPS) is 16.8. The Labute approximate surface area is 161 Å². The third kappa shape index (κ3) is 3.58. The van der Waals surface area contributed by atoms with Gasteiger partial charge in [-0.15, -0.1) is 0 Å². The van der Waals surface area contributed by atoms with Crippen molar-refractivity contribution in [2.75, 3.05) is 24.5 Å². The van der Waals surface area contributed by atoms with Crippen LogP contribution in [0, 0.1) is 5.92 Å². The summed E-state index contributed by atoms with van der Waals surface area (Å²) in [5.41, 5.74) is 1.73. The molecule has 1 atom stereocenters. The van der Waals surface area contributed by atoms with Gasteiger partial charge in [-0.05, 0) is 42.0 Å². The number of benzene rings is 2. The van der Waals surface area contributed by atoms with Crippen LogP contribution in [0.15, 0.2) is 65.3 Å². The van der Waals surface area contributed by atoms with Gasteiger partial charge < -0.3 is 10.2 Å². The van der Waals surface area contributed by atoms with Crippen molar-refractivity contribution in [2.45, 2.75) is 6.42 Å². The van der Waals surface area contributed by atoms with E-state index >= 15 is 0 Å². The Morgan fingerprint density at radius 2 is 2.08 bits per heavy atom. The number of nitrogens with one attached hydrogen (secondary N) is 1. The Morgan fingerprint density at radius 3 is 2.96 bits per heavy atom. The maximum Gasteiger partial charge on any atom is 0.270 e. The molecule has 2 aromatic carbocycles. The quantitative estimate of drug-likeness (QED) is 0.700. The fourth-order valence-electron chi connectivity index (χ4n) is 3.53. The molecule has 0 radical (unpaired) electrons. The van der Waals surface area contributed by atoms with E-state index in [1.165, 1.54) is 5.69 Å². The Morgan fingerprint density at radius 1 is 1.19 bits per heavy atom. The summed E-state index contributed by atoms with van der Waals surface area (Å²) in [5, 5.41) is 5.01. The van der Waals surface area contributed by atoms with Crippen molar-refractivity contribution < 1.29 is 4.79 Å². The van der Waals surface area contributed by atoms with E-state index in [0.29, 0.717) is 18.2 Å². The lowest BCUT2D eigenvalue weighted by molar-refractivity contribution is 0.0945. The summed E-state index contributed by atoms with van der Waals surface area (Å²) in [4.78, 5) is 19.3. The number of carbonyl (C=O) groups excluding carboxylic acids is 1. The molecule has 1 saturated heterocycles. The molecule has 0 bridgehead atoms. The average Bonchev–Trinajstić information content (AvgIpc) is 3.15. The van der Waals surface area contributed by atoms with Crippen molar-refractivity contribution in [3.8, 4) is 0 Å². The molecule has 1 unspecified atom stereocenters. The molecular formula is C21H20BrN3O. The first-order valence-corrected chi connectivity index (χ1v) is 9.62. The van der Waals surface area contributed by atoms with Crippen LogP contribution in [0.3, 0.4) is 0 Å². The lowest BCUT2D eigenvalue weighted by atomic mass is 10.1. The zero-order valence-corrected chi connectivity index (χ0v) is 15.9. The SMILES string of the molecule is O=C(NCC1CCN(c2cccc(Br)c2)C1)c1nccc2ccccc12. The van der Waals surface area contributed by atoms with Crippen LogP contribution in [0.1, 0.15) is 16.9 Å². The van der Waals surface area contributed by atoms with E-state index < -0.39 is 0 Å². The molecule has 1 aliphatic heterocycles. The van der Waals surface area contributed by atoms with Gasteiger partial charge in [0, 0.05) is 41.4 Å². The van der Waals surface area contributed by atoms with Crippen molar-refractivity contribution in [1.82, 2.24) is 10.3 Å². The van der Waals surface area contributed by atoms with Crippen molar-refractivity contribution >= 4 is 38.3 Å². The van der Waals surface area contributed by atoms with E-state index in [2.05, 4.69) is 49.3 Å². The minimum Gasteiger partial charge on any atom is -0.371 e. The third-order valence-corrected chi connectivity index (χ3v) is 5.39. The Bertz CT molecular complexity index is 938. The molecule has 1 aliphatic rings. The average molecular weight is 410 g/mol. The van der Waals surface area contributed by atoms with E-state index in [-0.39, 0.29) is 5.91 Å². The number of rotatable bonds is 4. The van der Waals surface area contributed by atoms with Crippen LogP contribution in [0.25, 0.3) is 10.8 Å². The Kier molecular flexibility index (Phi) is 4.89. The fourth-order valence-corrected chi connectivity index (χ4v) is 3.92. The summed E-state index contributed by atoms with van der Waals surface area (Å²) in [6.45, 7) is 2.65. The monoisotopic (exact) mass is 409 g/mol. The van der Waals surface area contributed by atoms with Gasteiger partial charge in [0.1, 0.15) is 5.69 Å². The van der Waals surface area contributed by atoms with Crippen LogP contribution in [0.5, 0.6) is 0 Å². The molecule has 4 nitrogen and oxygen atoms in total. The van der Waals surface area contributed by atoms with E-state index in [1.807, 2.05) is 36.4 Å². The largest absolute Gasteiger partial charge is 0.371 e. The summed E-state index contributed by atoms with van der Waals surface area (Å²) < 4.78 is 1.09. The van der Waals surface area contributed by atoms with E-state index in [0.717, 1.165) is 34.8 Å². The molecule has 4 rings (SSSR count). The fraction of sp³-hybridized carbons (Fsp3) is 0.238. The molecule has 26 heavy (non-hydrogen) atoms. The summed E-state index contributed by atoms with van der Waals surface area (Å²) in [6, 6.07) is 18.1. The van der Waals surface area contributed by atoms with E-state index in [4.69, 9.17) is 0 Å². The number of hydrogen-bond acceptors (Lipinski definition) is 3. The number of hydrogen-bond donors (Lipinski definition) is 1. The summed E-state index contributed by atoms with van der Waals surface area (Å²) in [6.07, 6.45) is 2.78. The first-order valence-electron chi connectivity index (χ1n) is 8.83. The highest BCUT2D eigenvalue weighted by molar-refractivity contribution is 9.10. The summed E-state index contributed by atoms with van der Waals surface area (Å²) >= 11 is 3.53. The molecule has 3 aromatic rings. The smallest absolute Gasteiger partial charge is 0.270 e. The zero-order valence-electron chi connectivity index (χ0n) is 14.4. The molecule has 0 aliphatic carbocycles. The zero-order chi connectivity index (χ0) is 17.9. The third-order valence-electron chi connectivity index (χ3n) is 4.90. The molecule has 5 heteroatoms. The molecule has 0 saturated carbocycles. The Balaban J connectivity index is 1.39. The first kappa shape index (κ1) is 17.0. The van der Waals surface area contributed by atoms with Crippen LogP contribution in [-0.4, -0.2) is 30.5 Å². The number of nitrogens with zero attached hydrogens (tertiary/aromatic N) is 2. The van der Waals surface area contributed by atoms with Crippen LogP contribution < -0.4 is 10.2 Å². The summed E-state index contributed by atoms with van der Waals surface area (Å²) in [7, 11) is 0. The second-order valence-electron chi connectivity index (χ2n) is 6.67. The molecule has 1 amide bonds. The van der Waals surface area contributed by atoms with Crippen LogP contribution >= 0.6 is 15.9 Å². The number of fused-ring (bicyclic) bond motifs is 1. The van der Waals surface area contributed by atoms with E-state index in [9.17, 15) is 4.79 Å². The highest BCUT2D eigenvalue weighted by atomic mass is 79.9. The van der Waals surface area contributed by atoms with Gasteiger partial charge in [0.2, 0.25) is 0 Å². The van der Waals surface area contributed by atoms with Gasteiger partial charge in [-0.25, -0.2) is 0 Å². The highest BCUT2D eigenvalue weighted by Crippen LogP contribution is 2.26. The standard InChI is InChI=1S/C21H20BrN3O/c22-17-5-3-6-18(12-17)25-11-9-15(14-25)13-24-21(26)20-19-7-2-1-4-16(19)8-10-23-20/h1-8,10,12,15H,9,11,13-14H2,(H,24,26). The van der Waals surface area contributed by atoms with Gasteiger partial charge in [0.05, 0.1) is 0 Å². The highest BCUT2D eigenvalue weighted by Gasteiger charge is 2.23. The van der Waals surface area contributed by atoms with Gasteiger partial charge in [-0.3, -0.25) is 9.78 Å². The molecular weight excluding hydrogens is 390 g/mol. The maximum absolute atomic E-state index is 12.6. The van der Waals surface area contributed by atoms with E-state index in [1.54, 1.807) is 6.20 Å². The summed E-state index contributed by atoms with van der Waals surface area (Å²) in [5.74, 6) is 0.357.